The van der Waals surface area contributed by atoms with Crippen molar-refractivity contribution in [3.63, 3.8) is 0 Å². The molecular weight excluding hydrogens is 233 g/mol. The second kappa shape index (κ2) is 4.75. The van der Waals surface area contributed by atoms with Crippen molar-refractivity contribution in [2.75, 3.05) is 7.11 Å². The van der Waals surface area contributed by atoms with Crippen molar-refractivity contribution in [3.8, 4) is 17.9 Å². The summed E-state index contributed by atoms with van der Waals surface area (Å²) in [5, 5.41) is 17.2. The molecule has 0 bridgehead atoms. The topological polar surface area (TPSA) is 56.8 Å². The van der Waals surface area contributed by atoms with E-state index in [4.69, 9.17) is 15.3 Å². The standard InChI is InChI=1S/C11H7F3N2O/c1-17-10-5-8(6-16)9(11(12,13)14)4-7(10)2-3-15/h4-5H,2H2,1H3. The Morgan fingerprint density at radius 2 is 1.94 bits per heavy atom. The third-order valence-corrected chi connectivity index (χ3v) is 2.12. The maximum Gasteiger partial charge on any atom is 0.417 e. The van der Waals surface area contributed by atoms with Crippen LogP contribution in [0.2, 0.25) is 0 Å². The molecule has 0 aliphatic rings. The number of hydrogen-bond acceptors (Lipinski definition) is 3. The average molecular weight is 240 g/mol. The Balaban J connectivity index is 3.47. The number of alkyl halides is 3. The number of halogens is 3. The van der Waals surface area contributed by atoms with E-state index in [1.165, 1.54) is 13.2 Å². The zero-order valence-corrected chi connectivity index (χ0v) is 8.80. The third-order valence-electron chi connectivity index (χ3n) is 2.12. The van der Waals surface area contributed by atoms with E-state index in [1.807, 2.05) is 0 Å². The van der Waals surface area contributed by atoms with E-state index >= 15 is 0 Å². The molecule has 0 aliphatic carbocycles. The molecule has 0 radical (unpaired) electrons. The molecule has 17 heavy (non-hydrogen) atoms. The fraction of sp³-hybridized carbons (Fsp3) is 0.273. The first-order chi connectivity index (χ1) is 7.93. The molecule has 3 nitrogen and oxygen atoms in total. The fourth-order valence-electron chi connectivity index (χ4n) is 1.37. The van der Waals surface area contributed by atoms with Crippen molar-refractivity contribution < 1.29 is 17.9 Å². The van der Waals surface area contributed by atoms with Gasteiger partial charge in [0.25, 0.3) is 0 Å². The molecule has 88 valence electrons. The maximum atomic E-state index is 12.6. The van der Waals surface area contributed by atoms with E-state index in [0.29, 0.717) is 0 Å². The number of nitriles is 2. The van der Waals surface area contributed by atoms with Gasteiger partial charge in [0.05, 0.1) is 36.8 Å². The first-order valence-corrected chi connectivity index (χ1v) is 4.49. The van der Waals surface area contributed by atoms with Crippen LogP contribution < -0.4 is 4.74 Å². The molecule has 0 aromatic heterocycles. The fourth-order valence-corrected chi connectivity index (χ4v) is 1.37. The zero-order chi connectivity index (χ0) is 13.1. The number of methoxy groups -OCH3 is 1. The van der Waals surface area contributed by atoms with Crippen molar-refractivity contribution >= 4 is 0 Å². The van der Waals surface area contributed by atoms with Gasteiger partial charge in [0.2, 0.25) is 0 Å². The minimum Gasteiger partial charge on any atom is -0.496 e. The Kier molecular flexibility index (Phi) is 3.59. The van der Waals surface area contributed by atoms with Crippen LogP contribution in [-0.4, -0.2) is 7.11 Å². The van der Waals surface area contributed by atoms with Crippen molar-refractivity contribution in [1.29, 1.82) is 10.5 Å². The summed E-state index contributed by atoms with van der Waals surface area (Å²) in [6.07, 6.45) is -4.83. The molecule has 0 fully saturated rings. The lowest BCUT2D eigenvalue weighted by Gasteiger charge is -2.13. The quantitative estimate of drug-likeness (QED) is 0.798. The van der Waals surface area contributed by atoms with Gasteiger partial charge >= 0.3 is 6.18 Å². The number of ether oxygens (including phenoxy) is 1. The molecule has 0 spiro atoms. The number of benzene rings is 1. The van der Waals surface area contributed by atoms with Crippen LogP contribution >= 0.6 is 0 Å². The Labute approximate surface area is 95.7 Å². The monoisotopic (exact) mass is 240 g/mol. The molecular formula is C11H7F3N2O. The SMILES string of the molecule is COc1cc(C#N)c(C(F)(F)F)cc1CC#N. The minimum atomic E-state index is -4.62. The Morgan fingerprint density at radius 3 is 2.35 bits per heavy atom. The van der Waals surface area contributed by atoms with Crippen LogP contribution in [-0.2, 0) is 12.6 Å². The molecule has 0 N–H and O–H groups in total. The predicted octanol–water partition coefficient (Wildman–Crippen LogP) is 2.65. The molecule has 0 unspecified atom stereocenters. The molecule has 6 heteroatoms. The maximum absolute atomic E-state index is 12.6. The second-order valence-electron chi connectivity index (χ2n) is 3.15. The predicted molar refractivity (Wildman–Crippen MR) is 52.0 cm³/mol. The summed E-state index contributed by atoms with van der Waals surface area (Å²) in [6.45, 7) is 0. The zero-order valence-electron chi connectivity index (χ0n) is 8.80. The molecule has 0 atom stereocenters. The van der Waals surface area contributed by atoms with Gasteiger partial charge in [0.15, 0.2) is 0 Å². The summed E-state index contributed by atoms with van der Waals surface area (Å²) in [7, 11) is 1.27. The normalized spacial score (nSPS) is 10.5. The number of rotatable bonds is 2. The van der Waals surface area contributed by atoms with Crippen molar-refractivity contribution in [2.24, 2.45) is 0 Å². The summed E-state index contributed by atoms with van der Waals surface area (Å²) in [4.78, 5) is 0. The second-order valence-corrected chi connectivity index (χ2v) is 3.15. The largest absolute Gasteiger partial charge is 0.496 e. The highest BCUT2D eigenvalue weighted by atomic mass is 19.4. The molecule has 0 heterocycles. The Bertz CT molecular complexity index is 509. The van der Waals surface area contributed by atoms with E-state index in [2.05, 4.69) is 0 Å². The highest BCUT2D eigenvalue weighted by Gasteiger charge is 2.34. The third kappa shape index (κ3) is 2.67. The molecule has 1 aromatic carbocycles. The number of hydrogen-bond donors (Lipinski definition) is 0. The van der Waals surface area contributed by atoms with E-state index in [9.17, 15) is 13.2 Å². The van der Waals surface area contributed by atoms with Gasteiger partial charge in [-0.3, -0.25) is 0 Å². The van der Waals surface area contributed by atoms with Crippen molar-refractivity contribution in [3.05, 3.63) is 28.8 Å². The van der Waals surface area contributed by atoms with E-state index < -0.39 is 17.3 Å². The average Bonchev–Trinajstić information content (AvgIpc) is 2.27. The molecule has 1 rings (SSSR count). The summed E-state index contributed by atoms with van der Waals surface area (Å²) in [5.74, 6) is 0.108. The van der Waals surface area contributed by atoms with Crippen molar-refractivity contribution in [1.82, 2.24) is 0 Å². The van der Waals surface area contributed by atoms with Gasteiger partial charge in [-0.25, -0.2) is 0 Å². The van der Waals surface area contributed by atoms with Gasteiger partial charge in [0.1, 0.15) is 5.75 Å². The van der Waals surface area contributed by atoms with Crippen LogP contribution in [0.15, 0.2) is 12.1 Å². The van der Waals surface area contributed by atoms with E-state index in [0.717, 1.165) is 12.1 Å². The molecule has 0 saturated heterocycles. The minimum absolute atomic E-state index is 0.108. The molecule has 0 amide bonds. The Morgan fingerprint density at radius 1 is 1.29 bits per heavy atom. The number of nitrogens with zero attached hydrogens (tertiary/aromatic N) is 2. The first kappa shape index (κ1) is 12.9. The van der Waals surface area contributed by atoms with Crippen LogP contribution in [0.3, 0.4) is 0 Å². The summed E-state index contributed by atoms with van der Waals surface area (Å²) < 4.78 is 42.7. The van der Waals surface area contributed by atoms with Gasteiger partial charge in [-0.2, -0.15) is 23.7 Å². The molecule has 1 aromatic rings. The molecule has 0 aliphatic heterocycles. The lowest BCUT2D eigenvalue weighted by molar-refractivity contribution is -0.137. The highest BCUT2D eigenvalue weighted by Crippen LogP contribution is 2.35. The van der Waals surface area contributed by atoms with E-state index in [1.54, 1.807) is 6.07 Å². The van der Waals surface area contributed by atoms with Gasteiger partial charge in [-0.1, -0.05) is 0 Å². The highest BCUT2D eigenvalue weighted by molar-refractivity contribution is 5.50. The van der Waals surface area contributed by atoms with Crippen LogP contribution in [0.4, 0.5) is 13.2 Å². The summed E-state index contributed by atoms with van der Waals surface area (Å²) >= 11 is 0. The lowest BCUT2D eigenvalue weighted by atomic mass is 10.0. The molecule has 0 saturated carbocycles. The van der Waals surface area contributed by atoms with Crippen LogP contribution in [0, 0.1) is 22.7 Å². The summed E-state index contributed by atoms with van der Waals surface area (Å²) in [6, 6.07) is 4.98. The van der Waals surface area contributed by atoms with Crippen LogP contribution in [0.25, 0.3) is 0 Å². The van der Waals surface area contributed by atoms with E-state index in [-0.39, 0.29) is 17.7 Å². The van der Waals surface area contributed by atoms with Crippen LogP contribution in [0.5, 0.6) is 5.75 Å². The Hall–Kier alpha value is -2.21. The van der Waals surface area contributed by atoms with Gasteiger partial charge in [0, 0.05) is 5.56 Å². The van der Waals surface area contributed by atoms with Gasteiger partial charge < -0.3 is 4.74 Å². The first-order valence-electron chi connectivity index (χ1n) is 4.49. The van der Waals surface area contributed by atoms with Gasteiger partial charge in [-0.15, -0.1) is 0 Å². The summed E-state index contributed by atoms with van der Waals surface area (Å²) in [5.41, 5.74) is -1.46. The van der Waals surface area contributed by atoms with Gasteiger partial charge in [-0.05, 0) is 12.1 Å². The van der Waals surface area contributed by atoms with Crippen molar-refractivity contribution in [2.45, 2.75) is 12.6 Å². The smallest absolute Gasteiger partial charge is 0.417 e. The lowest BCUT2D eigenvalue weighted by Crippen LogP contribution is -2.09. The van der Waals surface area contributed by atoms with Crippen LogP contribution in [0.1, 0.15) is 16.7 Å².